The van der Waals surface area contributed by atoms with E-state index in [9.17, 15) is 8.42 Å². The number of rotatable bonds is 6. The smallest absolute Gasteiger partial charge is 0.242 e. The Morgan fingerprint density at radius 2 is 1.77 bits per heavy atom. The summed E-state index contributed by atoms with van der Waals surface area (Å²) in [4.78, 5) is 1.43. The Balaban J connectivity index is 1.87. The molecule has 1 atom stereocenters. The van der Waals surface area contributed by atoms with E-state index >= 15 is 0 Å². The minimum Gasteiger partial charge on any atom is -0.370 e. The van der Waals surface area contributed by atoms with Crippen molar-refractivity contribution in [3.8, 4) is 0 Å². The van der Waals surface area contributed by atoms with E-state index in [2.05, 4.69) is 4.72 Å². The highest BCUT2D eigenvalue weighted by Crippen LogP contribution is 2.23. The van der Waals surface area contributed by atoms with E-state index in [0.717, 1.165) is 24.2 Å². The van der Waals surface area contributed by atoms with E-state index in [4.69, 9.17) is 16.3 Å². The van der Waals surface area contributed by atoms with Crippen molar-refractivity contribution < 1.29 is 18.1 Å². The summed E-state index contributed by atoms with van der Waals surface area (Å²) >= 11 is 6.11. The summed E-state index contributed by atoms with van der Waals surface area (Å²) in [6.07, 6.45) is 0. The number of morpholine rings is 1. The number of halogens is 1. The van der Waals surface area contributed by atoms with E-state index in [1.165, 1.54) is 11.0 Å². The van der Waals surface area contributed by atoms with Crippen LogP contribution >= 0.6 is 11.6 Å². The van der Waals surface area contributed by atoms with Crippen molar-refractivity contribution in [3.05, 3.63) is 64.7 Å². The van der Waals surface area contributed by atoms with Gasteiger partial charge in [0.1, 0.15) is 18.0 Å². The molecule has 0 saturated carbocycles. The normalized spacial score (nSPS) is 17.2. The summed E-state index contributed by atoms with van der Waals surface area (Å²) in [5.74, 6) is 0. The Labute approximate surface area is 160 Å². The first-order chi connectivity index (χ1) is 12.5. The zero-order valence-electron chi connectivity index (χ0n) is 14.7. The van der Waals surface area contributed by atoms with Gasteiger partial charge in [0.2, 0.25) is 10.0 Å². The summed E-state index contributed by atoms with van der Waals surface area (Å²) in [6.45, 7) is 5.82. The Morgan fingerprint density at radius 3 is 2.42 bits per heavy atom. The standard InChI is InChI=1S/C19H23ClN2O3S/c1-15-6-8-16(9-7-15)18(14-22-10-12-25-13-11-22)21-26(23,24)19-5-3-2-4-17(19)20/h2-9,18,21H,10-14H2,1H3/p+1/t18-/m0/s1. The highest BCUT2D eigenvalue weighted by molar-refractivity contribution is 7.89. The predicted molar refractivity (Wildman–Crippen MR) is 102 cm³/mol. The molecule has 2 aromatic rings. The summed E-state index contributed by atoms with van der Waals surface area (Å²) in [5, 5.41) is 0.223. The number of quaternary nitrogens is 1. The van der Waals surface area contributed by atoms with Gasteiger partial charge < -0.3 is 9.64 Å². The molecule has 2 aromatic carbocycles. The van der Waals surface area contributed by atoms with Gasteiger partial charge in [-0.2, -0.15) is 4.72 Å². The summed E-state index contributed by atoms with van der Waals surface area (Å²) < 4.78 is 34.1. The van der Waals surface area contributed by atoms with Gasteiger partial charge >= 0.3 is 0 Å². The average Bonchev–Trinajstić information content (AvgIpc) is 2.63. The number of aryl methyl sites for hydroxylation is 1. The largest absolute Gasteiger partial charge is 0.370 e. The zero-order valence-corrected chi connectivity index (χ0v) is 16.3. The summed E-state index contributed by atoms with van der Waals surface area (Å²) in [6, 6.07) is 14.1. The fraction of sp³-hybridized carbons (Fsp3) is 0.368. The molecule has 0 aromatic heterocycles. The van der Waals surface area contributed by atoms with Gasteiger partial charge in [-0.1, -0.05) is 53.6 Å². The minimum absolute atomic E-state index is 0.107. The van der Waals surface area contributed by atoms with Crippen molar-refractivity contribution in [3.63, 3.8) is 0 Å². The zero-order chi connectivity index (χ0) is 18.6. The second-order valence-corrected chi connectivity index (χ2v) is 8.67. The number of hydrogen-bond donors (Lipinski definition) is 2. The molecular weight excluding hydrogens is 372 g/mol. The van der Waals surface area contributed by atoms with Crippen molar-refractivity contribution in [1.29, 1.82) is 0 Å². The molecule has 0 bridgehead atoms. The molecule has 1 fully saturated rings. The van der Waals surface area contributed by atoms with Crippen LogP contribution in [0.15, 0.2) is 53.4 Å². The van der Waals surface area contributed by atoms with Gasteiger partial charge in [-0.3, -0.25) is 0 Å². The molecule has 0 radical (unpaired) electrons. The molecule has 3 rings (SSSR count). The van der Waals surface area contributed by atoms with Crippen molar-refractivity contribution >= 4 is 21.6 Å². The van der Waals surface area contributed by atoms with Gasteiger partial charge in [0, 0.05) is 0 Å². The maximum Gasteiger partial charge on any atom is 0.242 e. The molecule has 26 heavy (non-hydrogen) atoms. The molecule has 7 heteroatoms. The van der Waals surface area contributed by atoms with E-state index < -0.39 is 10.0 Å². The molecule has 2 N–H and O–H groups in total. The number of benzene rings is 2. The summed E-state index contributed by atoms with van der Waals surface area (Å²) in [7, 11) is -3.73. The predicted octanol–water partition coefficient (Wildman–Crippen LogP) is 1.58. The first kappa shape index (κ1) is 19.3. The van der Waals surface area contributed by atoms with Gasteiger partial charge in [-0.25, -0.2) is 8.42 Å². The first-order valence-corrected chi connectivity index (χ1v) is 10.6. The molecule has 0 aliphatic carbocycles. The van der Waals surface area contributed by atoms with Gasteiger partial charge in [0.25, 0.3) is 0 Å². The van der Waals surface area contributed by atoms with Gasteiger partial charge in [-0.15, -0.1) is 0 Å². The second kappa shape index (κ2) is 8.50. The third-order valence-corrected chi connectivity index (χ3v) is 6.57. The summed E-state index contributed by atoms with van der Waals surface area (Å²) in [5.41, 5.74) is 2.09. The van der Waals surface area contributed by atoms with Crippen LogP contribution in [0.3, 0.4) is 0 Å². The number of ether oxygens (including phenoxy) is 1. The highest BCUT2D eigenvalue weighted by atomic mass is 35.5. The molecule has 0 amide bonds. The number of hydrogen-bond acceptors (Lipinski definition) is 3. The van der Waals surface area contributed by atoms with E-state index in [1.54, 1.807) is 18.2 Å². The lowest BCUT2D eigenvalue weighted by molar-refractivity contribution is -0.909. The molecule has 0 unspecified atom stereocenters. The van der Waals surface area contributed by atoms with Crippen molar-refractivity contribution in [2.75, 3.05) is 32.8 Å². The Bertz CT molecular complexity index is 834. The molecule has 1 aliphatic rings. The molecule has 1 heterocycles. The topological polar surface area (TPSA) is 59.8 Å². The van der Waals surface area contributed by atoms with Gasteiger partial charge in [0.05, 0.1) is 30.8 Å². The first-order valence-electron chi connectivity index (χ1n) is 8.70. The van der Waals surface area contributed by atoms with E-state index in [0.29, 0.717) is 19.8 Å². The second-order valence-electron chi connectivity index (χ2n) is 6.58. The van der Waals surface area contributed by atoms with E-state index in [1.807, 2.05) is 31.2 Å². The number of nitrogens with one attached hydrogen (secondary N) is 2. The van der Waals surface area contributed by atoms with Crippen LogP contribution in [0, 0.1) is 6.92 Å². The van der Waals surface area contributed by atoms with Gasteiger partial charge in [0.15, 0.2) is 0 Å². The Kier molecular flexibility index (Phi) is 6.32. The molecular formula is C19H24ClN2O3S+. The van der Waals surface area contributed by atoms with Crippen molar-refractivity contribution in [1.82, 2.24) is 4.72 Å². The quantitative estimate of drug-likeness (QED) is 0.780. The highest BCUT2D eigenvalue weighted by Gasteiger charge is 2.27. The lowest BCUT2D eigenvalue weighted by Gasteiger charge is -2.28. The average molecular weight is 396 g/mol. The Morgan fingerprint density at radius 1 is 1.12 bits per heavy atom. The van der Waals surface area contributed by atoms with Crippen LogP contribution in [0.25, 0.3) is 0 Å². The van der Waals surface area contributed by atoms with Crippen LogP contribution in [-0.4, -0.2) is 41.3 Å². The molecule has 1 aliphatic heterocycles. The molecule has 140 valence electrons. The Hall–Kier alpha value is -1.44. The fourth-order valence-electron chi connectivity index (χ4n) is 3.09. The van der Waals surface area contributed by atoms with Gasteiger partial charge in [-0.05, 0) is 24.6 Å². The lowest BCUT2D eigenvalue weighted by atomic mass is 10.1. The fourth-order valence-corrected chi connectivity index (χ4v) is 4.84. The SMILES string of the molecule is Cc1ccc([C@H](C[NH+]2CCOCC2)NS(=O)(=O)c2ccccc2Cl)cc1. The monoisotopic (exact) mass is 395 g/mol. The van der Waals surface area contributed by atoms with Crippen molar-refractivity contribution in [2.45, 2.75) is 17.9 Å². The maximum absolute atomic E-state index is 12.9. The molecule has 1 saturated heterocycles. The van der Waals surface area contributed by atoms with Crippen LogP contribution in [0.4, 0.5) is 0 Å². The minimum atomic E-state index is -3.73. The van der Waals surface area contributed by atoms with Crippen LogP contribution < -0.4 is 9.62 Å². The van der Waals surface area contributed by atoms with Crippen molar-refractivity contribution in [2.24, 2.45) is 0 Å². The lowest BCUT2D eigenvalue weighted by Crippen LogP contribution is -3.14. The molecule has 0 spiro atoms. The van der Waals surface area contributed by atoms with Crippen LogP contribution in [-0.2, 0) is 14.8 Å². The van der Waals surface area contributed by atoms with E-state index in [-0.39, 0.29) is 16.0 Å². The van der Waals surface area contributed by atoms with Crippen LogP contribution in [0.1, 0.15) is 17.2 Å². The number of sulfonamides is 1. The molecule has 5 nitrogen and oxygen atoms in total. The third-order valence-electron chi connectivity index (χ3n) is 4.60. The van der Waals surface area contributed by atoms with Crippen LogP contribution in [0.5, 0.6) is 0 Å². The van der Waals surface area contributed by atoms with Crippen LogP contribution in [0.2, 0.25) is 5.02 Å². The third kappa shape index (κ3) is 4.84. The maximum atomic E-state index is 12.9.